The Morgan fingerprint density at radius 1 is 1.05 bits per heavy atom. The summed E-state index contributed by atoms with van der Waals surface area (Å²) in [5, 5.41) is 7.33. The lowest BCUT2D eigenvalue weighted by Crippen LogP contribution is -2.45. The van der Waals surface area contributed by atoms with Crippen LogP contribution in [0.3, 0.4) is 0 Å². The number of thiocarbonyl (C=S) groups is 1. The summed E-state index contributed by atoms with van der Waals surface area (Å²) in [7, 11) is -2.68. The van der Waals surface area contributed by atoms with Crippen LogP contribution in [0.1, 0.15) is 11.1 Å². The van der Waals surface area contributed by atoms with Gasteiger partial charge >= 0.3 is 10.1 Å². The molecule has 1 aromatic heterocycles. The average molecular weight is 601 g/mol. The van der Waals surface area contributed by atoms with Gasteiger partial charge < -0.3 is 9.50 Å². The Morgan fingerprint density at radius 3 is 2.41 bits per heavy atom. The molecule has 12 heteroatoms. The summed E-state index contributed by atoms with van der Waals surface area (Å²) in [6, 6.07) is 18.1. The zero-order valence-corrected chi connectivity index (χ0v) is 22.3. The molecule has 1 fully saturated rings. The van der Waals surface area contributed by atoms with Gasteiger partial charge in [0.15, 0.2) is 10.7 Å². The zero-order valence-electron chi connectivity index (χ0n) is 19.1. The molecule has 0 radical (unpaired) electrons. The minimum atomic E-state index is -4.20. The van der Waals surface area contributed by atoms with Crippen molar-refractivity contribution in [2.45, 2.75) is 10.4 Å². The van der Waals surface area contributed by atoms with E-state index in [0.29, 0.717) is 16.8 Å². The number of amides is 1. The zero-order chi connectivity index (χ0) is 26.4. The van der Waals surface area contributed by atoms with Gasteiger partial charge in [-0.25, -0.2) is 9.07 Å². The normalized spacial score (nSPS) is 17.6. The van der Waals surface area contributed by atoms with Crippen LogP contribution in [0, 0.1) is 5.82 Å². The van der Waals surface area contributed by atoms with Crippen LogP contribution in [0.15, 0.2) is 94.6 Å². The van der Waals surface area contributed by atoms with Crippen LogP contribution < -0.4 is 9.50 Å². The molecular formula is C25H18BrFN4O4S2. The number of likely N-dealkylation sites (N-methyl/N-ethyl adjacent to an activating group) is 1. The van der Waals surface area contributed by atoms with Gasteiger partial charge in [0.2, 0.25) is 0 Å². The van der Waals surface area contributed by atoms with Gasteiger partial charge in [-0.2, -0.15) is 13.5 Å². The van der Waals surface area contributed by atoms with Gasteiger partial charge in [0.1, 0.15) is 16.5 Å². The molecule has 0 spiro atoms. The van der Waals surface area contributed by atoms with E-state index in [1.807, 2.05) is 0 Å². The van der Waals surface area contributed by atoms with Crippen molar-refractivity contribution in [3.05, 3.63) is 107 Å². The van der Waals surface area contributed by atoms with E-state index in [1.165, 1.54) is 54.4 Å². The van der Waals surface area contributed by atoms with Gasteiger partial charge in [0.25, 0.3) is 5.91 Å². The Kier molecular flexibility index (Phi) is 6.34. The summed E-state index contributed by atoms with van der Waals surface area (Å²) in [4.78, 5) is 14.7. The van der Waals surface area contributed by atoms with Gasteiger partial charge in [-0.15, -0.1) is 0 Å². The molecule has 3 aromatic carbocycles. The second-order valence-corrected chi connectivity index (χ2v) is 11.0. The van der Waals surface area contributed by atoms with Gasteiger partial charge in [0.05, 0.1) is 10.2 Å². The predicted octanol–water partition coefficient (Wildman–Crippen LogP) is 4.13. The lowest BCUT2D eigenvalue weighted by atomic mass is 9.82. The van der Waals surface area contributed by atoms with Crippen molar-refractivity contribution in [3.8, 4) is 11.4 Å². The largest absolute Gasteiger partial charge is 0.379 e. The molecule has 0 aliphatic carbocycles. The van der Waals surface area contributed by atoms with Crippen molar-refractivity contribution in [1.29, 1.82) is 0 Å². The Hall–Kier alpha value is -3.61. The maximum Gasteiger partial charge on any atom is 0.339 e. The number of nitrogens with one attached hydrogen (secondary N) is 1. The molecular weight excluding hydrogens is 583 g/mol. The van der Waals surface area contributed by atoms with Crippen molar-refractivity contribution in [2.24, 2.45) is 0 Å². The van der Waals surface area contributed by atoms with E-state index in [4.69, 9.17) is 16.4 Å². The smallest absolute Gasteiger partial charge is 0.339 e. The van der Waals surface area contributed by atoms with Crippen LogP contribution in [0.2, 0.25) is 0 Å². The van der Waals surface area contributed by atoms with Gasteiger partial charge in [-0.05, 0) is 93.9 Å². The highest BCUT2D eigenvalue weighted by atomic mass is 79.9. The Labute approximate surface area is 225 Å². The third kappa shape index (κ3) is 4.41. The fraction of sp³-hybridized carbons (Fsp3) is 0.0800. The summed E-state index contributed by atoms with van der Waals surface area (Å²) >= 11 is 8.49. The molecule has 1 N–H and O–H groups in total. The summed E-state index contributed by atoms with van der Waals surface area (Å²) in [6.45, 7) is 0. The molecule has 188 valence electrons. The maximum absolute atomic E-state index is 14.0. The summed E-state index contributed by atoms with van der Waals surface area (Å²) < 4.78 is 47.2. The minimum absolute atomic E-state index is 0.00993. The highest BCUT2D eigenvalue weighted by Crippen LogP contribution is 2.38. The summed E-state index contributed by atoms with van der Waals surface area (Å²) in [5.41, 5.74) is -0.0586. The number of rotatable bonds is 6. The van der Waals surface area contributed by atoms with Crippen LogP contribution >= 0.6 is 28.1 Å². The van der Waals surface area contributed by atoms with Crippen molar-refractivity contribution < 1.29 is 21.8 Å². The molecule has 1 aliphatic rings. The highest BCUT2D eigenvalue weighted by molar-refractivity contribution is 9.10. The van der Waals surface area contributed by atoms with Crippen LogP contribution in [0.25, 0.3) is 5.69 Å². The van der Waals surface area contributed by atoms with Crippen molar-refractivity contribution in [1.82, 2.24) is 20.0 Å². The number of carbonyl (C=O) groups is 1. The van der Waals surface area contributed by atoms with Gasteiger partial charge in [-0.1, -0.05) is 18.2 Å². The Morgan fingerprint density at radius 2 is 1.78 bits per heavy atom. The number of hydrogen-bond acceptors (Lipinski definition) is 6. The molecule has 5 rings (SSSR count). The molecule has 2 heterocycles. The molecule has 0 saturated carbocycles. The number of halogens is 2. The van der Waals surface area contributed by atoms with Gasteiger partial charge in [0, 0.05) is 19.4 Å². The van der Waals surface area contributed by atoms with Crippen LogP contribution in [0.4, 0.5) is 4.39 Å². The molecule has 1 atom stereocenters. The Bertz CT molecular complexity index is 1630. The first kappa shape index (κ1) is 25.1. The van der Waals surface area contributed by atoms with E-state index < -0.39 is 27.4 Å². The molecule has 0 bridgehead atoms. The topological polar surface area (TPSA) is 93.5 Å². The number of nitrogens with zero attached hydrogens (tertiary/aromatic N) is 3. The van der Waals surface area contributed by atoms with Crippen molar-refractivity contribution in [3.63, 3.8) is 0 Å². The standard InChI is InChI=1S/C25H18BrFN4O4S2/c1-30-23(32)25(29-24(30)36,17-6-11-22(27)21(26)15-17)16-4-2-5-19(14-16)35-37(33,34)20-9-7-18(8-10-20)31-13-3-12-28-31/h2-15H,1H3,(H,29,36). The number of benzene rings is 3. The maximum atomic E-state index is 14.0. The van der Waals surface area contributed by atoms with Crippen molar-refractivity contribution >= 4 is 49.3 Å². The third-order valence-corrected chi connectivity index (χ3v) is 8.19. The molecule has 1 amide bonds. The van der Waals surface area contributed by atoms with Gasteiger partial charge in [-0.3, -0.25) is 9.69 Å². The summed E-state index contributed by atoms with van der Waals surface area (Å²) in [5.74, 6) is -0.920. The molecule has 1 saturated heterocycles. The minimum Gasteiger partial charge on any atom is -0.379 e. The Balaban J connectivity index is 1.52. The van der Waals surface area contributed by atoms with Crippen molar-refractivity contribution in [2.75, 3.05) is 7.05 Å². The second kappa shape index (κ2) is 9.36. The average Bonchev–Trinajstić information content (AvgIpc) is 3.50. The molecule has 1 aliphatic heterocycles. The van der Waals surface area contributed by atoms with Crippen LogP contribution in [-0.2, 0) is 20.5 Å². The number of hydrogen-bond donors (Lipinski definition) is 1. The van der Waals surface area contributed by atoms with E-state index in [-0.39, 0.29) is 20.2 Å². The predicted molar refractivity (Wildman–Crippen MR) is 141 cm³/mol. The SMILES string of the molecule is CN1C(=O)C(c2cccc(OS(=O)(=O)c3ccc(-n4cccn4)cc3)c2)(c2ccc(F)c(Br)c2)NC1=S. The van der Waals surface area contributed by atoms with E-state index in [2.05, 4.69) is 26.3 Å². The van der Waals surface area contributed by atoms with E-state index in [1.54, 1.807) is 47.4 Å². The first-order chi connectivity index (χ1) is 17.6. The molecule has 37 heavy (non-hydrogen) atoms. The van der Waals surface area contributed by atoms with Crippen LogP contribution in [-0.4, -0.2) is 41.2 Å². The summed E-state index contributed by atoms with van der Waals surface area (Å²) in [6.07, 6.45) is 3.36. The number of aromatic nitrogens is 2. The number of carbonyl (C=O) groups excluding carboxylic acids is 1. The van der Waals surface area contributed by atoms with E-state index in [0.717, 1.165) is 0 Å². The first-order valence-corrected chi connectivity index (χ1v) is 13.4. The molecule has 8 nitrogen and oxygen atoms in total. The third-order valence-electron chi connectivity index (χ3n) is 5.94. The van der Waals surface area contributed by atoms with Crippen LogP contribution in [0.5, 0.6) is 5.75 Å². The second-order valence-electron chi connectivity index (χ2n) is 8.18. The lowest BCUT2D eigenvalue weighted by Gasteiger charge is -2.28. The lowest BCUT2D eigenvalue weighted by molar-refractivity contribution is -0.129. The quantitative estimate of drug-likeness (QED) is 0.263. The van der Waals surface area contributed by atoms with E-state index in [9.17, 15) is 17.6 Å². The fourth-order valence-electron chi connectivity index (χ4n) is 4.07. The first-order valence-electron chi connectivity index (χ1n) is 10.8. The van der Waals surface area contributed by atoms with E-state index >= 15 is 0 Å². The highest BCUT2D eigenvalue weighted by Gasteiger charge is 2.51. The molecule has 1 unspecified atom stereocenters. The fourth-order valence-corrected chi connectivity index (χ4v) is 5.61. The monoisotopic (exact) mass is 600 g/mol. The molecule has 4 aromatic rings.